The van der Waals surface area contributed by atoms with Crippen LogP contribution in [0.25, 0.3) is 0 Å². The first-order valence-corrected chi connectivity index (χ1v) is 6.36. The maximum Gasteiger partial charge on any atom is 0.224 e. The maximum absolute atomic E-state index is 11.7. The van der Waals surface area contributed by atoms with Crippen LogP contribution in [-0.2, 0) is 11.2 Å². The van der Waals surface area contributed by atoms with Crippen LogP contribution in [0, 0.1) is 5.92 Å². The summed E-state index contributed by atoms with van der Waals surface area (Å²) in [6.07, 6.45) is 2.93. The van der Waals surface area contributed by atoms with Gasteiger partial charge in [-0.1, -0.05) is 30.3 Å². The van der Waals surface area contributed by atoms with Crippen LogP contribution in [0.1, 0.15) is 18.4 Å². The molecule has 1 saturated heterocycles. The van der Waals surface area contributed by atoms with Gasteiger partial charge < -0.3 is 10.6 Å². The molecule has 3 heteroatoms. The normalized spacial score (nSPS) is 19.9. The number of piperidine rings is 1. The summed E-state index contributed by atoms with van der Waals surface area (Å²) < 4.78 is 0. The molecule has 2 rings (SSSR count). The highest BCUT2D eigenvalue weighted by Crippen LogP contribution is 2.08. The molecule has 1 aromatic rings. The van der Waals surface area contributed by atoms with Gasteiger partial charge in [0.25, 0.3) is 0 Å². The average molecular weight is 232 g/mol. The second kappa shape index (κ2) is 6.40. The molecule has 1 aliphatic heterocycles. The van der Waals surface area contributed by atoms with Crippen LogP contribution in [-0.4, -0.2) is 25.5 Å². The summed E-state index contributed by atoms with van der Waals surface area (Å²) in [6.45, 7) is 2.96. The van der Waals surface area contributed by atoms with Crippen molar-refractivity contribution in [3.05, 3.63) is 35.9 Å². The molecule has 3 nitrogen and oxygen atoms in total. The van der Waals surface area contributed by atoms with E-state index >= 15 is 0 Å². The monoisotopic (exact) mass is 232 g/mol. The molecule has 0 spiro atoms. The first-order valence-electron chi connectivity index (χ1n) is 6.36. The van der Waals surface area contributed by atoms with Crippen LogP contribution in [0.2, 0.25) is 0 Å². The zero-order chi connectivity index (χ0) is 11.9. The highest BCUT2D eigenvalue weighted by atomic mass is 16.1. The smallest absolute Gasteiger partial charge is 0.224 e. The van der Waals surface area contributed by atoms with Gasteiger partial charge in [0.05, 0.1) is 6.42 Å². The Morgan fingerprint density at radius 3 is 2.88 bits per heavy atom. The zero-order valence-electron chi connectivity index (χ0n) is 10.1. The van der Waals surface area contributed by atoms with E-state index in [2.05, 4.69) is 10.6 Å². The first kappa shape index (κ1) is 12.1. The highest BCUT2D eigenvalue weighted by molar-refractivity contribution is 5.78. The van der Waals surface area contributed by atoms with Crippen molar-refractivity contribution in [1.29, 1.82) is 0 Å². The molecule has 0 aliphatic carbocycles. The van der Waals surface area contributed by atoms with Crippen LogP contribution >= 0.6 is 0 Å². The van der Waals surface area contributed by atoms with Crippen molar-refractivity contribution in [2.45, 2.75) is 19.3 Å². The number of carbonyl (C=O) groups is 1. The molecule has 0 aromatic heterocycles. The second-order valence-corrected chi connectivity index (χ2v) is 4.68. The van der Waals surface area contributed by atoms with E-state index in [-0.39, 0.29) is 5.91 Å². The quantitative estimate of drug-likeness (QED) is 0.822. The van der Waals surface area contributed by atoms with Gasteiger partial charge in [-0.05, 0) is 37.4 Å². The lowest BCUT2D eigenvalue weighted by molar-refractivity contribution is -0.120. The Labute approximate surface area is 103 Å². The van der Waals surface area contributed by atoms with Gasteiger partial charge in [0.2, 0.25) is 5.91 Å². The number of carbonyl (C=O) groups excluding carboxylic acids is 1. The summed E-state index contributed by atoms with van der Waals surface area (Å²) in [6, 6.07) is 9.87. The third kappa shape index (κ3) is 4.19. The largest absolute Gasteiger partial charge is 0.355 e. The topological polar surface area (TPSA) is 41.1 Å². The minimum atomic E-state index is 0.127. The van der Waals surface area contributed by atoms with Crippen molar-refractivity contribution >= 4 is 5.91 Å². The number of benzene rings is 1. The summed E-state index contributed by atoms with van der Waals surface area (Å²) in [5, 5.41) is 6.38. The average Bonchev–Trinajstić information content (AvgIpc) is 2.39. The number of hydrogen-bond donors (Lipinski definition) is 2. The molecular weight excluding hydrogens is 212 g/mol. The van der Waals surface area contributed by atoms with Gasteiger partial charge in [-0.25, -0.2) is 0 Å². The molecule has 1 fully saturated rings. The molecule has 1 amide bonds. The first-order chi connectivity index (χ1) is 8.34. The number of nitrogens with one attached hydrogen (secondary N) is 2. The predicted molar refractivity (Wildman–Crippen MR) is 68.7 cm³/mol. The van der Waals surface area contributed by atoms with E-state index < -0.39 is 0 Å². The molecule has 1 aliphatic rings. The van der Waals surface area contributed by atoms with Crippen LogP contribution in [0.15, 0.2) is 30.3 Å². The van der Waals surface area contributed by atoms with Gasteiger partial charge in [0, 0.05) is 6.54 Å². The summed E-state index contributed by atoms with van der Waals surface area (Å²) in [4.78, 5) is 11.7. The van der Waals surface area contributed by atoms with Crippen molar-refractivity contribution in [3.63, 3.8) is 0 Å². The Morgan fingerprint density at radius 1 is 1.35 bits per heavy atom. The van der Waals surface area contributed by atoms with Crippen LogP contribution in [0.4, 0.5) is 0 Å². The molecule has 0 unspecified atom stereocenters. The lowest BCUT2D eigenvalue weighted by Gasteiger charge is -2.22. The number of hydrogen-bond acceptors (Lipinski definition) is 2. The van der Waals surface area contributed by atoms with Crippen molar-refractivity contribution in [3.8, 4) is 0 Å². The molecule has 0 saturated carbocycles. The van der Waals surface area contributed by atoms with Crippen LogP contribution < -0.4 is 10.6 Å². The Bertz CT molecular complexity index is 344. The fraction of sp³-hybridized carbons (Fsp3) is 0.500. The van der Waals surface area contributed by atoms with Crippen molar-refractivity contribution in [2.75, 3.05) is 19.6 Å². The minimum Gasteiger partial charge on any atom is -0.355 e. The molecule has 1 heterocycles. The standard InChI is InChI=1S/C14H20N2O/c17-14(9-12-5-2-1-3-6-12)16-11-13-7-4-8-15-10-13/h1-3,5-6,13,15H,4,7-11H2,(H,16,17)/t13-/m1/s1. The molecule has 1 atom stereocenters. The maximum atomic E-state index is 11.7. The van der Waals surface area contributed by atoms with Gasteiger partial charge in [-0.15, -0.1) is 0 Å². The Kier molecular flexibility index (Phi) is 4.56. The SMILES string of the molecule is O=C(Cc1ccccc1)NC[C@@H]1CCCNC1. The lowest BCUT2D eigenvalue weighted by Crippen LogP contribution is -2.38. The van der Waals surface area contributed by atoms with E-state index in [1.54, 1.807) is 0 Å². The van der Waals surface area contributed by atoms with Crippen molar-refractivity contribution in [2.24, 2.45) is 5.92 Å². The second-order valence-electron chi connectivity index (χ2n) is 4.68. The van der Waals surface area contributed by atoms with E-state index in [9.17, 15) is 4.79 Å². The van der Waals surface area contributed by atoms with Gasteiger partial charge >= 0.3 is 0 Å². The van der Waals surface area contributed by atoms with Gasteiger partial charge in [-0.3, -0.25) is 4.79 Å². The van der Waals surface area contributed by atoms with Gasteiger partial charge in [-0.2, -0.15) is 0 Å². The Morgan fingerprint density at radius 2 is 2.18 bits per heavy atom. The number of amides is 1. The van der Waals surface area contributed by atoms with Crippen molar-refractivity contribution in [1.82, 2.24) is 10.6 Å². The van der Waals surface area contributed by atoms with Crippen LogP contribution in [0.5, 0.6) is 0 Å². The lowest BCUT2D eigenvalue weighted by atomic mass is 10.00. The third-order valence-electron chi connectivity index (χ3n) is 3.19. The molecule has 17 heavy (non-hydrogen) atoms. The van der Waals surface area contributed by atoms with E-state index in [4.69, 9.17) is 0 Å². The molecule has 0 radical (unpaired) electrons. The van der Waals surface area contributed by atoms with Crippen molar-refractivity contribution < 1.29 is 4.79 Å². The Balaban J connectivity index is 1.70. The van der Waals surface area contributed by atoms with E-state index in [0.29, 0.717) is 12.3 Å². The Hall–Kier alpha value is -1.35. The highest BCUT2D eigenvalue weighted by Gasteiger charge is 2.13. The summed E-state index contributed by atoms with van der Waals surface area (Å²) in [5.74, 6) is 0.727. The molecular formula is C14H20N2O. The molecule has 0 bridgehead atoms. The summed E-state index contributed by atoms with van der Waals surface area (Å²) in [7, 11) is 0. The van der Waals surface area contributed by atoms with Crippen LogP contribution in [0.3, 0.4) is 0 Å². The van der Waals surface area contributed by atoms with E-state index in [1.165, 1.54) is 12.8 Å². The molecule has 92 valence electrons. The molecule has 2 N–H and O–H groups in total. The number of rotatable bonds is 4. The third-order valence-corrected chi connectivity index (χ3v) is 3.19. The van der Waals surface area contributed by atoms with E-state index in [0.717, 1.165) is 25.2 Å². The zero-order valence-corrected chi connectivity index (χ0v) is 10.1. The van der Waals surface area contributed by atoms with E-state index in [1.807, 2.05) is 30.3 Å². The minimum absolute atomic E-state index is 0.127. The fourth-order valence-corrected chi connectivity index (χ4v) is 2.20. The summed E-state index contributed by atoms with van der Waals surface area (Å²) >= 11 is 0. The van der Waals surface area contributed by atoms with Gasteiger partial charge in [0.15, 0.2) is 0 Å². The fourth-order valence-electron chi connectivity index (χ4n) is 2.20. The molecule has 1 aromatic carbocycles. The van der Waals surface area contributed by atoms with Gasteiger partial charge in [0.1, 0.15) is 0 Å². The summed E-state index contributed by atoms with van der Waals surface area (Å²) in [5.41, 5.74) is 1.08. The predicted octanol–water partition coefficient (Wildman–Crippen LogP) is 1.34.